The minimum atomic E-state index is -0.447. The molecule has 2 saturated heterocycles. The smallest absolute Gasteiger partial charge is 0.245 e. The lowest BCUT2D eigenvalue weighted by Gasteiger charge is -2.47. The van der Waals surface area contributed by atoms with Gasteiger partial charge in [0.05, 0.1) is 12.6 Å². The fourth-order valence-corrected chi connectivity index (χ4v) is 4.12. The largest absolute Gasteiger partial charge is 0.469 e. The van der Waals surface area contributed by atoms with E-state index >= 15 is 0 Å². The Morgan fingerprint density at radius 1 is 1.26 bits per heavy atom. The predicted molar refractivity (Wildman–Crippen MR) is 99.5 cm³/mol. The number of carbonyl (C=O) groups is 2. The third-order valence-electron chi connectivity index (χ3n) is 5.58. The lowest BCUT2D eigenvalue weighted by Crippen LogP contribution is -2.62. The van der Waals surface area contributed by atoms with Crippen molar-refractivity contribution < 1.29 is 19.1 Å². The van der Waals surface area contributed by atoms with Crippen molar-refractivity contribution in [2.75, 3.05) is 20.4 Å². The molecule has 3 aliphatic heterocycles. The van der Waals surface area contributed by atoms with Crippen molar-refractivity contribution in [3.05, 3.63) is 58.9 Å². The molecule has 2 fully saturated rings. The molecule has 1 aromatic carbocycles. The molecule has 1 unspecified atom stereocenters. The van der Waals surface area contributed by atoms with Crippen LogP contribution in [-0.4, -0.2) is 54.1 Å². The number of allylic oxidation sites excluding steroid dienone is 2. The fourth-order valence-electron chi connectivity index (χ4n) is 4.12. The Labute approximate surface area is 159 Å². The summed E-state index contributed by atoms with van der Waals surface area (Å²) in [6, 6.07) is 7.37. The molecule has 3 atom stereocenters. The molecule has 2 amide bonds. The molecule has 27 heavy (non-hydrogen) atoms. The van der Waals surface area contributed by atoms with Gasteiger partial charge in [-0.05, 0) is 36.6 Å². The van der Waals surface area contributed by atoms with E-state index in [1.54, 1.807) is 11.9 Å². The van der Waals surface area contributed by atoms with E-state index in [2.05, 4.69) is 6.07 Å². The van der Waals surface area contributed by atoms with Crippen LogP contribution in [0.5, 0.6) is 0 Å². The second-order valence-corrected chi connectivity index (χ2v) is 7.37. The number of piperazine rings is 1. The Morgan fingerprint density at radius 2 is 2.04 bits per heavy atom. The van der Waals surface area contributed by atoms with E-state index in [4.69, 9.17) is 9.47 Å². The van der Waals surface area contributed by atoms with Gasteiger partial charge in [-0.15, -0.1) is 0 Å². The van der Waals surface area contributed by atoms with Gasteiger partial charge in [-0.3, -0.25) is 9.59 Å². The zero-order valence-corrected chi connectivity index (χ0v) is 15.8. The lowest BCUT2D eigenvalue weighted by atomic mass is 9.83. The molecule has 0 spiro atoms. The molecule has 0 N–H and O–H groups in total. The second-order valence-electron chi connectivity index (χ2n) is 7.37. The third kappa shape index (κ3) is 3.04. The Balaban J connectivity index is 1.76. The van der Waals surface area contributed by atoms with Gasteiger partial charge in [0.1, 0.15) is 17.9 Å². The highest BCUT2D eigenvalue weighted by Crippen LogP contribution is 2.39. The number of amides is 2. The average Bonchev–Trinajstić information content (AvgIpc) is 3.07. The number of fused-ring (bicyclic) bond motifs is 2. The topological polar surface area (TPSA) is 59.1 Å². The maximum Gasteiger partial charge on any atom is 0.245 e. The summed E-state index contributed by atoms with van der Waals surface area (Å²) in [5.41, 5.74) is 3.20. The van der Waals surface area contributed by atoms with E-state index in [9.17, 15) is 9.59 Å². The van der Waals surface area contributed by atoms with Crippen LogP contribution in [0.2, 0.25) is 0 Å². The van der Waals surface area contributed by atoms with E-state index in [0.29, 0.717) is 6.42 Å². The number of rotatable bonds is 2. The van der Waals surface area contributed by atoms with E-state index in [1.165, 1.54) is 4.90 Å². The molecule has 0 bridgehead atoms. The molecule has 0 radical (unpaired) electrons. The summed E-state index contributed by atoms with van der Waals surface area (Å²) < 4.78 is 10.9. The van der Waals surface area contributed by atoms with Crippen molar-refractivity contribution in [1.29, 1.82) is 0 Å². The maximum atomic E-state index is 12.9. The minimum Gasteiger partial charge on any atom is -0.469 e. The highest BCUT2D eigenvalue weighted by molar-refractivity contribution is 5.96. The molecule has 0 saturated carbocycles. The normalized spacial score (nSPS) is 29.7. The van der Waals surface area contributed by atoms with Crippen molar-refractivity contribution in [3.63, 3.8) is 0 Å². The van der Waals surface area contributed by atoms with Crippen LogP contribution in [0.25, 0.3) is 0 Å². The minimum absolute atomic E-state index is 0.00130. The number of hydrogen-bond acceptors (Lipinski definition) is 4. The van der Waals surface area contributed by atoms with Gasteiger partial charge in [-0.1, -0.05) is 30.3 Å². The van der Waals surface area contributed by atoms with Gasteiger partial charge in [-0.25, -0.2) is 0 Å². The summed E-state index contributed by atoms with van der Waals surface area (Å²) >= 11 is 0. The molecule has 6 heteroatoms. The highest BCUT2D eigenvalue weighted by Gasteiger charge is 2.45. The van der Waals surface area contributed by atoms with Crippen LogP contribution < -0.4 is 0 Å². The standard InChI is InChI=1S/C21H24N2O4/c1-13(8-9-18-14(2)26-12-27-18)20-16-7-5-4-6-15(16)10-17-21(25)22(3)11-19(24)23(17)20/h4-9,14,17,20H,10-12H2,1-3H3/b13-8+,18-9+/t14?,17-,20-/m1/s1. The van der Waals surface area contributed by atoms with Gasteiger partial charge in [0.25, 0.3) is 0 Å². The summed E-state index contributed by atoms with van der Waals surface area (Å²) in [4.78, 5) is 28.9. The summed E-state index contributed by atoms with van der Waals surface area (Å²) in [6.45, 7) is 4.32. The van der Waals surface area contributed by atoms with E-state index in [0.717, 1.165) is 22.5 Å². The van der Waals surface area contributed by atoms with Crippen LogP contribution in [0.1, 0.15) is 31.0 Å². The molecule has 1 aromatic rings. The van der Waals surface area contributed by atoms with Crippen molar-refractivity contribution >= 4 is 11.8 Å². The summed E-state index contributed by atoms with van der Waals surface area (Å²) in [7, 11) is 1.69. The second kappa shape index (κ2) is 6.85. The number of ether oxygens (including phenoxy) is 2. The van der Waals surface area contributed by atoms with Crippen LogP contribution in [0.4, 0.5) is 0 Å². The number of carbonyl (C=O) groups excluding carboxylic acids is 2. The van der Waals surface area contributed by atoms with Gasteiger partial charge in [0.15, 0.2) is 6.79 Å². The zero-order valence-electron chi connectivity index (χ0n) is 15.8. The maximum absolute atomic E-state index is 12.9. The molecule has 0 aromatic heterocycles. The van der Waals surface area contributed by atoms with Gasteiger partial charge in [0.2, 0.25) is 11.8 Å². The van der Waals surface area contributed by atoms with Gasteiger partial charge >= 0.3 is 0 Å². The Bertz CT molecular complexity index is 844. The molecule has 3 heterocycles. The molecule has 6 nitrogen and oxygen atoms in total. The fraction of sp³-hybridized carbons (Fsp3) is 0.429. The van der Waals surface area contributed by atoms with E-state index in [-0.39, 0.29) is 37.3 Å². The van der Waals surface area contributed by atoms with Crippen molar-refractivity contribution in [3.8, 4) is 0 Å². The van der Waals surface area contributed by atoms with Crippen molar-refractivity contribution in [1.82, 2.24) is 9.80 Å². The predicted octanol–water partition coefficient (Wildman–Crippen LogP) is 2.18. The third-order valence-corrected chi connectivity index (χ3v) is 5.58. The average molecular weight is 368 g/mol. The van der Waals surface area contributed by atoms with Crippen LogP contribution in [0.15, 0.2) is 47.7 Å². The van der Waals surface area contributed by atoms with Gasteiger partial charge in [0, 0.05) is 13.5 Å². The SMILES string of the molecule is C/C(=C\C=C1\OCOC1C)[C@@H]1c2ccccc2C[C@@H]2C(=O)N(C)CC(=O)N21. The molecule has 3 aliphatic rings. The van der Waals surface area contributed by atoms with Crippen LogP contribution in [0, 0.1) is 0 Å². The first-order chi connectivity index (χ1) is 13.0. The number of hydrogen-bond donors (Lipinski definition) is 0. The summed E-state index contributed by atoms with van der Waals surface area (Å²) in [5.74, 6) is 0.757. The Morgan fingerprint density at radius 3 is 2.78 bits per heavy atom. The molecular formula is C21H24N2O4. The van der Waals surface area contributed by atoms with Crippen LogP contribution in [-0.2, 0) is 25.5 Å². The zero-order chi connectivity index (χ0) is 19.1. The van der Waals surface area contributed by atoms with Crippen LogP contribution >= 0.6 is 0 Å². The van der Waals surface area contributed by atoms with E-state index < -0.39 is 6.04 Å². The number of nitrogens with zero attached hydrogens (tertiary/aromatic N) is 2. The van der Waals surface area contributed by atoms with Crippen molar-refractivity contribution in [2.24, 2.45) is 0 Å². The number of benzene rings is 1. The quantitative estimate of drug-likeness (QED) is 0.803. The Hall–Kier alpha value is -2.60. The highest BCUT2D eigenvalue weighted by atomic mass is 16.7. The molecule has 0 aliphatic carbocycles. The van der Waals surface area contributed by atoms with Gasteiger partial charge in [-0.2, -0.15) is 0 Å². The first kappa shape index (κ1) is 17.8. The van der Waals surface area contributed by atoms with Gasteiger partial charge < -0.3 is 19.3 Å². The molecular weight excluding hydrogens is 344 g/mol. The molecule has 4 rings (SSSR count). The van der Waals surface area contributed by atoms with Crippen LogP contribution in [0.3, 0.4) is 0 Å². The van der Waals surface area contributed by atoms with Crippen molar-refractivity contribution in [2.45, 2.75) is 38.5 Å². The van der Waals surface area contributed by atoms with E-state index in [1.807, 2.05) is 44.2 Å². The summed E-state index contributed by atoms with van der Waals surface area (Å²) in [5, 5.41) is 0. The number of likely N-dealkylation sites (N-methyl/N-ethyl adjacent to an activating group) is 1. The Kier molecular flexibility index (Phi) is 4.52. The lowest BCUT2D eigenvalue weighted by molar-refractivity contribution is -0.157. The first-order valence-electron chi connectivity index (χ1n) is 9.24. The monoisotopic (exact) mass is 368 g/mol. The summed E-state index contributed by atoms with van der Waals surface area (Å²) in [6.07, 6.45) is 4.36. The molecule has 142 valence electrons. The first-order valence-corrected chi connectivity index (χ1v) is 9.24.